The summed E-state index contributed by atoms with van der Waals surface area (Å²) in [7, 11) is 0. The van der Waals surface area contributed by atoms with Crippen molar-refractivity contribution in [3.8, 4) is 0 Å². The van der Waals surface area contributed by atoms with Gasteiger partial charge in [-0.05, 0) is 67.2 Å². The third kappa shape index (κ3) is 2.51. The summed E-state index contributed by atoms with van der Waals surface area (Å²) < 4.78 is 26.9. The van der Waals surface area contributed by atoms with Gasteiger partial charge in [0, 0.05) is 6.04 Å². The van der Waals surface area contributed by atoms with E-state index in [0.717, 1.165) is 12.0 Å². The highest BCUT2D eigenvalue weighted by atomic mass is 19.1. The van der Waals surface area contributed by atoms with Crippen LogP contribution < -0.4 is 11.3 Å². The standard InChI is InChI=1S/C15H20F2N2/c16-12-3-4-14(17)11(7-12)8-15(19-18)13-6-9-1-2-10(13)5-9/h3-4,7,9-10,13,15,19H,1-2,5-6,8,18H2. The summed E-state index contributed by atoms with van der Waals surface area (Å²) in [6, 6.07) is 3.68. The van der Waals surface area contributed by atoms with Crippen molar-refractivity contribution in [3.05, 3.63) is 35.4 Å². The van der Waals surface area contributed by atoms with Crippen molar-refractivity contribution in [1.82, 2.24) is 5.43 Å². The van der Waals surface area contributed by atoms with E-state index in [0.29, 0.717) is 23.8 Å². The zero-order valence-corrected chi connectivity index (χ0v) is 10.9. The van der Waals surface area contributed by atoms with Crippen LogP contribution in [-0.4, -0.2) is 6.04 Å². The van der Waals surface area contributed by atoms with Gasteiger partial charge in [-0.25, -0.2) is 8.78 Å². The Balaban J connectivity index is 1.74. The molecule has 0 radical (unpaired) electrons. The molecule has 3 rings (SSSR count). The molecule has 0 aromatic heterocycles. The van der Waals surface area contributed by atoms with Crippen molar-refractivity contribution in [2.24, 2.45) is 23.6 Å². The Kier molecular flexibility index (Phi) is 3.54. The number of hydrazine groups is 1. The number of hydrogen-bond donors (Lipinski definition) is 2. The van der Waals surface area contributed by atoms with E-state index in [2.05, 4.69) is 5.43 Å². The zero-order valence-electron chi connectivity index (χ0n) is 10.9. The van der Waals surface area contributed by atoms with Gasteiger partial charge in [0.05, 0.1) is 0 Å². The first-order valence-electron chi connectivity index (χ1n) is 7.07. The second-order valence-corrected chi connectivity index (χ2v) is 6.05. The molecule has 19 heavy (non-hydrogen) atoms. The number of benzene rings is 1. The Bertz CT molecular complexity index is 463. The number of nitrogens with two attached hydrogens (primary N) is 1. The van der Waals surface area contributed by atoms with E-state index in [1.54, 1.807) is 0 Å². The lowest BCUT2D eigenvalue weighted by atomic mass is 9.81. The van der Waals surface area contributed by atoms with E-state index in [9.17, 15) is 8.78 Å². The van der Waals surface area contributed by atoms with E-state index >= 15 is 0 Å². The molecular formula is C15H20F2N2. The summed E-state index contributed by atoms with van der Waals surface area (Å²) in [5.74, 6) is 6.96. The number of fused-ring (bicyclic) bond motifs is 2. The maximum absolute atomic E-state index is 13.7. The van der Waals surface area contributed by atoms with Gasteiger partial charge in [0.25, 0.3) is 0 Å². The maximum Gasteiger partial charge on any atom is 0.126 e. The average molecular weight is 266 g/mol. The van der Waals surface area contributed by atoms with Crippen LogP contribution in [0.3, 0.4) is 0 Å². The van der Waals surface area contributed by atoms with Crippen LogP contribution in [0.4, 0.5) is 8.78 Å². The first-order chi connectivity index (χ1) is 9.17. The Morgan fingerprint density at radius 2 is 2.11 bits per heavy atom. The molecule has 0 spiro atoms. The lowest BCUT2D eigenvalue weighted by Gasteiger charge is -2.30. The van der Waals surface area contributed by atoms with E-state index in [4.69, 9.17) is 5.84 Å². The number of nitrogens with one attached hydrogen (secondary N) is 1. The summed E-state index contributed by atoms with van der Waals surface area (Å²) in [5.41, 5.74) is 3.26. The molecule has 104 valence electrons. The normalized spacial score (nSPS) is 30.8. The lowest BCUT2D eigenvalue weighted by molar-refractivity contribution is 0.247. The molecule has 2 aliphatic rings. The summed E-state index contributed by atoms with van der Waals surface area (Å²) >= 11 is 0. The highest BCUT2D eigenvalue weighted by Gasteiger charge is 2.42. The van der Waals surface area contributed by atoms with Crippen LogP contribution in [0.15, 0.2) is 18.2 Å². The van der Waals surface area contributed by atoms with Gasteiger partial charge in [0.15, 0.2) is 0 Å². The Labute approximate surface area is 112 Å². The molecule has 4 unspecified atom stereocenters. The third-order valence-electron chi connectivity index (χ3n) is 4.97. The molecule has 2 bridgehead atoms. The predicted molar refractivity (Wildman–Crippen MR) is 70.1 cm³/mol. The molecule has 0 aliphatic heterocycles. The van der Waals surface area contributed by atoms with Crippen LogP contribution in [-0.2, 0) is 6.42 Å². The first kappa shape index (κ1) is 13.0. The van der Waals surface area contributed by atoms with Crippen LogP contribution in [0, 0.1) is 29.4 Å². The fourth-order valence-corrected chi connectivity index (χ4v) is 4.06. The van der Waals surface area contributed by atoms with Crippen LogP contribution in [0.25, 0.3) is 0 Å². The second-order valence-electron chi connectivity index (χ2n) is 6.05. The van der Waals surface area contributed by atoms with Crippen LogP contribution in [0.1, 0.15) is 31.2 Å². The van der Waals surface area contributed by atoms with Gasteiger partial charge in [-0.1, -0.05) is 6.42 Å². The van der Waals surface area contributed by atoms with Crippen molar-refractivity contribution in [3.63, 3.8) is 0 Å². The maximum atomic E-state index is 13.7. The molecule has 4 heteroatoms. The SMILES string of the molecule is NNC(Cc1cc(F)ccc1F)C1CC2CCC1C2. The highest BCUT2D eigenvalue weighted by molar-refractivity contribution is 5.20. The minimum atomic E-state index is -0.389. The van der Waals surface area contributed by atoms with Gasteiger partial charge in [0.1, 0.15) is 11.6 Å². The van der Waals surface area contributed by atoms with E-state index in [1.807, 2.05) is 0 Å². The number of hydrogen-bond acceptors (Lipinski definition) is 2. The summed E-state index contributed by atoms with van der Waals surface area (Å²) in [6.07, 6.45) is 5.52. The minimum Gasteiger partial charge on any atom is -0.271 e. The summed E-state index contributed by atoms with van der Waals surface area (Å²) in [4.78, 5) is 0. The Hall–Kier alpha value is -1.00. The van der Waals surface area contributed by atoms with Crippen LogP contribution >= 0.6 is 0 Å². The molecule has 0 saturated heterocycles. The smallest absolute Gasteiger partial charge is 0.126 e. The predicted octanol–water partition coefficient (Wildman–Crippen LogP) is 2.78. The van der Waals surface area contributed by atoms with Crippen molar-refractivity contribution in [2.45, 2.75) is 38.1 Å². The molecule has 2 saturated carbocycles. The third-order valence-corrected chi connectivity index (χ3v) is 4.97. The van der Waals surface area contributed by atoms with Gasteiger partial charge < -0.3 is 0 Å². The fourth-order valence-electron chi connectivity index (χ4n) is 4.06. The Morgan fingerprint density at radius 3 is 2.74 bits per heavy atom. The second kappa shape index (κ2) is 5.17. The molecule has 3 N–H and O–H groups in total. The summed E-state index contributed by atoms with van der Waals surface area (Å²) in [5, 5.41) is 0. The van der Waals surface area contributed by atoms with Gasteiger partial charge in [-0.15, -0.1) is 0 Å². The fraction of sp³-hybridized carbons (Fsp3) is 0.600. The van der Waals surface area contributed by atoms with Crippen LogP contribution in [0.5, 0.6) is 0 Å². The molecule has 4 atom stereocenters. The van der Waals surface area contributed by atoms with Gasteiger partial charge in [0.2, 0.25) is 0 Å². The molecule has 0 amide bonds. The molecule has 0 heterocycles. The number of rotatable bonds is 4. The van der Waals surface area contributed by atoms with Crippen molar-refractivity contribution in [1.29, 1.82) is 0 Å². The van der Waals surface area contributed by atoms with E-state index in [-0.39, 0.29) is 17.7 Å². The molecule has 1 aromatic carbocycles. The van der Waals surface area contributed by atoms with E-state index < -0.39 is 0 Å². The lowest BCUT2D eigenvalue weighted by Crippen LogP contribution is -2.44. The quantitative estimate of drug-likeness (QED) is 0.649. The average Bonchev–Trinajstić information content (AvgIpc) is 3.02. The molecule has 2 fully saturated rings. The van der Waals surface area contributed by atoms with Crippen molar-refractivity contribution in [2.75, 3.05) is 0 Å². The highest BCUT2D eigenvalue weighted by Crippen LogP contribution is 2.49. The van der Waals surface area contributed by atoms with Gasteiger partial charge >= 0.3 is 0 Å². The topological polar surface area (TPSA) is 38.0 Å². The molecular weight excluding hydrogens is 246 g/mol. The summed E-state index contributed by atoms with van der Waals surface area (Å²) in [6.45, 7) is 0. The largest absolute Gasteiger partial charge is 0.271 e. The number of halogens is 2. The van der Waals surface area contributed by atoms with Gasteiger partial charge in [-0.2, -0.15) is 0 Å². The van der Waals surface area contributed by atoms with Crippen molar-refractivity contribution >= 4 is 0 Å². The monoisotopic (exact) mass is 266 g/mol. The molecule has 2 nitrogen and oxygen atoms in total. The molecule has 1 aromatic rings. The Morgan fingerprint density at radius 1 is 1.26 bits per heavy atom. The van der Waals surface area contributed by atoms with Crippen molar-refractivity contribution < 1.29 is 8.78 Å². The first-order valence-corrected chi connectivity index (χ1v) is 7.07. The van der Waals surface area contributed by atoms with Crippen LogP contribution in [0.2, 0.25) is 0 Å². The van der Waals surface area contributed by atoms with Gasteiger partial charge in [-0.3, -0.25) is 11.3 Å². The minimum absolute atomic E-state index is 0.0478. The molecule has 2 aliphatic carbocycles. The zero-order chi connectivity index (χ0) is 13.4. The van der Waals surface area contributed by atoms with E-state index in [1.165, 1.54) is 37.8 Å².